The second-order valence-electron chi connectivity index (χ2n) is 11.5. The smallest absolute Gasteiger partial charge is 0.337 e. The van der Waals surface area contributed by atoms with E-state index in [2.05, 4.69) is 41.8 Å². The molecule has 1 aromatic heterocycles. The van der Waals surface area contributed by atoms with Gasteiger partial charge in [-0.1, -0.05) is 61.0 Å². The number of rotatable bonds is 11. The van der Waals surface area contributed by atoms with Gasteiger partial charge in [-0.25, -0.2) is 9.78 Å². The quantitative estimate of drug-likeness (QED) is 0.135. The average molecular weight is 602 g/mol. The third-order valence-electron chi connectivity index (χ3n) is 8.32. The summed E-state index contributed by atoms with van der Waals surface area (Å²) >= 11 is 6.47. The molecule has 8 heteroatoms. The normalized spacial score (nSPS) is 15.9. The fourth-order valence-electron chi connectivity index (χ4n) is 6.14. The van der Waals surface area contributed by atoms with Crippen LogP contribution in [0.2, 0.25) is 5.02 Å². The Morgan fingerprint density at radius 3 is 2.60 bits per heavy atom. The average Bonchev–Trinajstić information content (AvgIpc) is 3.40. The first-order valence-corrected chi connectivity index (χ1v) is 15.4. The molecule has 0 radical (unpaired) electrons. The topological polar surface area (TPSA) is 73.7 Å². The summed E-state index contributed by atoms with van der Waals surface area (Å²) in [6, 6.07) is 21.7. The van der Waals surface area contributed by atoms with Crippen molar-refractivity contribution in [2.24, 2.45) is 5.92 Å². The lowest BCUT2D eigenvalue weighted by atomic mass is 9.93. The van der Waals surface area contributed by atoms with Crippen LogP contribution in [0.25, 0.3) is 22.2 Å². The molecule has 1 saturated heterocycles. The molecule has 7 nitrogen and oxygen atoms in total. The van der Waals surface area contributed by atoms with Crippen molar-refractivity contribution in [2.75, 3.05) is 33.9 Å². The van der Waals surface area contributed by atoms with Crippen molar-refractivity contribution >= 4 is 34.5 Å². The maximum Gasteiger partial charge on any atom is 0.337 e. The van der Waals surface area contributed by atoms with Crippen LogP contribution in [0.1, 0.15) is 60.3 Å². The minimum Gasteiger partial charge on any atom is -0.465 e. The number of para-hydroxylation sites is 2. The Morgan fingerprint density at radius 2 is 1.86 bits per heavy atom. The molecule has 1 aliphatic heterocycles. The van der Waals surface area contributed by atoms with E-state index < -0.39 is 5.97 Å². The Bertz CT molecular complexity index is 1570. The zero-order chi connectivity index (χ0) is 30.3. The van der Waals surface area contributed by atoms with Crippen molar-refractivity contribution in [3.63, 3.8) is 0 Å². The van der Waals surface area contributed by atoms with Crippen molar-refractivity contribution in [3.8, 4) is 11.1 Å². The number of methoxy groups -OCH3 is 2. The van der Waals surface area contributed by atoms with E-state index in [0.29, 0.717) is 30.2 Å². The van der Waals surface area contributed by atoms with Crippen LogP contribution < -0.4 is 0 Å². The van der Waals surface area contributed by atoms with Crippen molar-refractivity contribution < 1.29 is 19.1 Å². The Hall–Kier alpha value is -3.68. The Kier molecular flexibility index (Phi) is 10.2. The summed E-state index contributed by atoms with van der Waals surface area (Å²) in [5.41, 5.74) is 5.59. The highest BCUT2D eigenvalue weighted by molar-refractivity contribution is 6.33. The summed E-state index contributed by atoms with van der Waals surface area (Å²) in [4.78, 5) is 32.3. The molecule has 0 N–H and O–H groups in total. The van der Waals surface area contributed by atoms with E-state index in [9.17, 15) is 9.59 Å². The number of benzene rings is 3. The molecular formula is C35H40ClN3O4. The van der Waals surface area contributed by atoms with E-state index in [1.54, 1.807) is 19.2 Å². The first-order valence-electron chi connectivity index (χ1n) is 15.1. The number of hydrogen-bond acceptors (Lipinski definition) is 5. The number of fused-ring (bicyclic) bond motifs is 1. The Balaban J connectivity index is 1.20. The van der Waals surface area contributed by atoms with Gasteiger partial charge >= 0.3 is 5.97 Å². The second kappa shape index (κ2) is 14.2. The number of imidazole rings is 1. The lowest BCUT2D eigenvalue weighted by molar-refractivity contribution is -0.133. The molecular weight excluding hydrogens is 562 g/mol. The minimum absolute atomic E-state index is 0.209. The maximum absolute atomic E-state index is 13.5. The Labute approximate surface area is 258 Å². The molecule has 43 heavy (non-hydrogen) atoms. The van der Waals surface area contributed by atoms with E-state index in [0.717, 1.165) is 66.8 Å². The monoisotopic (exact) mass is 601 g/mol. The van der Waals surface area contributed by atoms with Crippen LogP contribution in [-0.2, 0) is 27.2 Å². The van der Waals surface area contributed by atoms with Crippen molar-refractivity contribution in [1.29, 1.82) is 0 Å². The molecule has 3 aromatic carbocycles. The summed E-state index contributed by atoms with van der Waals surface area (Å²) in [5, 5.41) is 0.500. The molecule has 0 aliphatic carbocycles. The van der Waals surface area contributed by atoms with Crippen LogP contribution in [0.15, 0.2) is 66.7 Å². The van der Waals surface area contributed by atoms with E-state index in [-0.39, 0.29) is 17.7 Å². The molecule has 0 bridgehead atoms. The third kappa shape index (κ3) is 7.28. The van der Waals surface area contributed by atoms with Crippen LogP contribution in [0, 0.1) is 5.92 Å². The van der Waals surface area contributed by atoms with Gasteiger partial charge in [0.05, 0.1) is 23.7 Å². The number of halogens is 1. The largest absolute Gasteiger partial charge is 0.465 e. The lowest BCUT2D eigenvalue weighted by Crippen LogP contribution is -2.40. The van der Waals surface area contributed by atoms with Crippen LogP contribution in [0.5, 0.6) is 0 Å². The number of hydrogen-bond donors (Lipinski definition) is 0. The number of likely N-dealkylation sites (tertiary alicyclic amines) is 1. The van der Waals surface area contributed by atoms with Gasteiger partial charge < -0.3 is 18.9 Å². The number of ether oxygens (including phenoxy) is 2. The number of amides is 1. The Morgan fingerprint density at radius 1 is 1.07 bits per heavy atom. The highest BCUT2D eigenvalue weighted by Crippen LogP contribution is 2.32. The number of carbonyl (C=O) groups excluding carboxylic acids is 2. The molecule has 2 atom stereocenters. The van der Waals surface area contributed by atoms with Crippen LogP contribution in [-0.4, -0.2) is 60.2 Å². The van der Waals surface area contributed by atoms with Gasteiger partial charge in [-0.3, -0.25) is 4.79 Å². The molecule has 0 saturated carbocycles. The van der Waals surface area contributed by atoms with Crippen LogP contribution >= 0.6 is 11.6 Å². The number of piperidine rings is 1. The van der Waals surface area contributed by atoms with Crippen LogP contribution in [0.3, 0.4) is 0 Å². The van der Waals surface area contributed by atoms with Gasteiger partial charge in [-0.05, 0) is 67.0 Å². The number of esters is 1. The summed E-state index contributed by atoms with van der Waals surface area (Å²) in [7, 11) is 3.09. The number of aryl methyl sites for hydroxylation is 1. The zero-order valence-corrected chi connectivity index (χ0v) is 26.0. The summed E-state index contributed by atoms with van der Waals surface area (Å²) in [5.74, 6) is 1.32. The molecule has 2 heterocycles. The summed E-state index contributed by atoms with van der Waals surface area (Å²) < 4.78 is 12.4. The highest BCUT2D eigenvalue weighted by Gasteiger charge is 2.29. The van der Waals surface area contributed by atoms with E-state index in [1.165, 1.54) is 12.7 Å². The molecule has 1 fully saturated rings. The van der Waals surface area contributed by atoms with Gasteiger partial charge in [-0.15, -0.1) is 0 Å². The van der Waals surface area contributed by atoms with Crippen LogP contribution in [0.4, 0.5) is 0 Å². The molecule has 4 aromatic rings. The SMILES string of the molecule is COCCCn1c([C@@H]2CCCN(C(=O)C[C@H](C)Cc3ccc(-c4ccc(C(=O)OC)cc4Cl)cc3)C2)nc2ccccc21. The standard InChI is InChI=1S/C35H40ClN3O4/c1-24(20-25-11-13-26(14-12-25)29-16-15-27(22-30(29)36)35(41)43-3)21-33(40)38-17-6-8-28(23-38)34-37-31-9-4-5-10-32(31)39(34)18-7-19-42-2/h4-5,9-16,22,24,28H,6-8,17-21,23H2,1-3H3/t24-,28-/m1/s1. The zero-order valence-electron chi connectivity index (χ0n) is 25.2. The third-order valence-corrected chi connectivity index (χ3v) is 8.63. The van der Waals surface area contributed by atoms with Crippen molar-refractivity contribution in [3.05, 3.63) is 88.7 Å². The molecule has 1 aliphatic rings. The predicted molar refractivity (Wildman–Crippen MR) is 170 cm³/mol. The van der Waals surface area contributed by atoms with Gasteiger partial charge in [0.25, 0.3) is 0 Å². The fourth-order valence-corrected chi connectivity index (χ4v) is 6.43. The molecule has 0 unspecified atom stereocenters. The molecule has 5 rings (SSSR count). The maximum atomic E-state index is 13.5. The predicted octanol–water partition coefficient (Wildman–Crippen LogP) is 7.15. The van der Waals surface area contributed by atoms with E-state index in [4.69, 9.17) is 26.1 Å². The van der Waals surface area contributed by atoms with Gasteiger partial charge in [0, 0.05) is 56.3 Å². The van der Waals surface area contributed by atoms with E-state index >= 15 is 0 Å². The lowest BCUT2D eigenvalue weighted by Gasteiger charge is -2.33. The number of nitrogens with zero attached hydrogens (tertiary/aromatic N) is 3. The second-order valence-corrected chi connectivity index (χ2v) is 11.9. The van der Waals surface area contributed by atoms with Gasteiger partial charge in [0.1, 0.15) is 5.82 Å². The van der Waals surface area contributed by atoms with Crippen molar-refractivity contribution in [1.82, 2.24) is 14.5 Å². The minimum atomic E-state index is -0.412. The highest BCUT2D eigenvalue weighted by atomic mass is 35.5. The van der Waals surface area contributed by atoms with E-state index in [1.807, 2.05) is 29.2 Å². The van der Waals surface area contributed by atoms with Gasteiger partial charge in [-0.2, -0.15) is 0 Å². The van der Waals surface area contributed by atoms with Crippen molar-refractivity contribution in [2.45, 2.75) is 51.5 Å². The molecule has 226 valence electrons. The number of carbonyl (C=O) groups is 2. The first-order chi connectivity index (χ1) is 20.9. The fraction of sp³-hybridized carbons (Fsp3) is 0.400. The summed E-state index contributed by atoms with van der Waals surface area (Å²) in [6.07, 6.45) is 4.27. The van der Waals surface area contributed by atoms with Gasteiger partial charge in [0.15, 0.2) is 0 Å². The molecule has 0 spiro atoms. The number of aromatic nitrogens is 2. The summed E-state index contributed by atoms with van der Waals surface area (Å²) in [6.45, 7) is 5.22. The first kappa shape index (κ1) is 30.8. The molecule has 1 amide bonds. The van der Waals surface area contributed by atoms with Gasteiger partial charge in [0.2, 0.25) is 5.91 Å².